The largest absolute Gasteiger partial charge is 0.493 e. The number of hydrogen-bond donors (Lipinski definition) is 0. The molecule has 0 aliphatic carbocycles. The van der Waals surface area contributed by atoms with Gasteiger partial charge in [0, 0.05) is 16.5 Å². The van der Waals surface area contributed by atoms with Gasteiger partial charge in [-0.1, -0.05) is 18.1 Å². The number of benzene rings is 1. The first kappa shape index (κ1) is 12.5. The number of rotatable bonds is 4. The third kappa shape index (κ3) is 2.07. The van der Waals surface area contributed by atoms with Crippen LogP contribution in [0.5, 0.6) is 5.75 Å². The van der Waals surface area contributed by atoms with Crippen LogP contribution < -0.4 is 4.74 Å². The predicted octanol–water partition coefficient (Wildman–Crippen LogP) is 3.84. The monoisotopic (exact) mass is 238 g/mol. The zero-order valence-corrected chi connectivity index (χ0v) is 10.6. The van der Waals surface area contributed by atoms with Gasteiger partial charge in [-0.05, 0) is 37.5 Å². The molecule has 0 bridgehead atoms. The highest BCUT2D eigenvalue weighted by atomic mass is 16.5. The van der Waals surface area contributed by atoms with Crippen LogP contribution in [-0.4, -0.2) is 6.61 Å². The highest BCUT2D eigenvalue weighted by Crippen LogP contribution is 2.44. The smallest absolute Gasteiger partial charge is 0.123 e. The van der Waals surface area contributed by atoms with E-state index in [1.165, 1.54) is 5.56 Å². The molecule has 1 aliphatic rings. The quantitative estimate of drug-likeness (QED) is 0.572. The van der Waals surface area contributed by atoms with Crippen molar-refractivity contribution >= 4 is 0 Å². The minimum absolute atomic E-state index is 0.0456. The van der Waals surface area contributed by atoms with Gasteiger partial charge in [0.1, 0.15) is 5.75 Å². The van der Waals surface area contributed by atoms with E-state index in [0.717, 1.165) is 37.2 Å². The molecule has 0 aromatic heterocycles. The topological polar surface area (TPSA) is 9.23 Å². The van der Waals surface area contributed by atoms with E-state index in [0.29, 0.717) is 0 Å². The normalized spacial score (nSPS) is 15.9. The number of terminal acetylenes is 1. The van der Waals surface area contributed by atoms with Gasteiger partial charge in [0.25, 0.3) is 0 Å². The summed E-state index contributed by atoms with van der Waals surface area (Å²) in [6.45, 7) is 8.50. The maximum Gasteiger partial charge on any atom is 0.123 e. The molecule has 1 aromatic rings. The van der Waals surface area contributed by atoms with Crippen molar-refractivity contribution in [3.05, 3.63) is 54.6 Å². The number of hydrogen-bond acceptors (Lipinski definition) is 1. The van der Waals surface area contributed by atoms with Crippen LogP contribution in [0.15, 0.2) is 43.5 Å². The van der Waals surface area contributed by atoms with E-state index >= 15 is 0 Å². The molecule has 0 spiro atoms. The summed E-state index contributed by atoms with van der Waals surface area (Å²) in [5.74, 6) is 3.64. The van der Waals surface area contributed by atoms with E-state index < -0.39 is 0 Å². The van der Waals surface area contributed by atoms with Crippen molar-refractivity contribution in [3.8, 4) is 18.1 Å². The average molecular weight is 238 g/mol. The van der Waals surface area contributed by atoms with E-state index in [1.807, 2.05) is 24.3 Å². The van der Waals surface area contributed by atoms with E-state index in [2.05, 4.69) is 25.1 Å². The lowest BCUT2D eigenvalue weighted by Gasteiger charge is -2.38. The zero-order chi connectivity index (χ0) is 13.0. The molecule has 18 heavy (non-hydrogen) atoms. The minimum Gasteiger partial charge on any atom is -0.493 e. The van der Waals surface area contributed by atoms with Crippen molar-refractivity contribution in [2.24, 2.45) is 0 Å². The number of allylic oxidation sites excluding steroid dienone is 2. The van der Waals surface area contributed by atoms with Crippen LogP contribution >= 0.6 is 0 Å². The fraction of sp³-hybridized carbons (Fsp3) is 0.294. The Morgan fingerprint density at radius 3 is 2.67 bits per heavy atom. The van der Waals surface area contributed by atoms with Gasteiger partial charge >= 0.3 is 0 Å². The molecule has 1 heterocycles. The maximum atomic E-state index is 5.73. The van der Waals surface area contributed by atoms with Gasteiger partial charge in [-0.2, -0.15) is 0 Å². The molecule has 1 nitrogen and oxygen atoms in total. The average Bonchev–Trinajstić information content (AvgIpc) is 2.39. The Labute approximate surface area is 109 Å². The summed E-state index contributed by atoms with van der Waals surface area (Å²) in [5.41, 5.74) is 2.14. The molecular formula is C17H18O. The predicted molar refractivity (Wildman–Crippen MR) is 75.8 cm³/mol. The van der Waals surface area contributed by atoms with Crippen LogP contribution in [0.25, 0.3) is 0 Å². The van der Waals surface area contributed by atoms with Crippen LogP contribution in [0.3, 0.4) is 0 Å². The summed E-state index contributed by atoms with van der Waals surface area (Å²) in [7, 11) is 0. The molecule has 0 saturated carbocycles. The fourth-order valence-electron chi connectivity index (χ4n) is 2.71. The summed E-state index contributed by atoms with van der Waals surface area (Å²) >= 11 is 0. The van der Waals surface area contributed by atoms with Crippen LogP contribution in [0.4, 0.5) is 0 Å². The second-order valence-corrected chi connectivity index (χ2v) is 4.72. The Kier molecular flexibility index (Phi) is 3.58. The second kappa shape index (κ2) is 5.14. The van der Waals surface area contributed by atoms with Crippen LogP contribution in [0, 0.1) is 12.3 Å². The van der Waals surface area contributed by atoms with Gasteiger partial charge in [-0.25, -0.2) is 0 Å². The van der Waals surface area contributed by atoms with Crippen molar-refractivity contribution in [2.45, 2.75) is 24.7 Å². The van der Waals surface area contributed by atoms with Crippen LogP contribution in [0.2, 0.25) is 0 Å². The molecule has 0 amide bonds. The van der Waals surface area contributed by atoms with E-state index in [1.54, 1.807) is 0 Å². The van der Waals surface area contributed by atoms with E-state index in [-0.39, 0.29) is 5.41 Å². The Morgan fingerprint density at radius 1 is 1.33 bits per heavy atom. The summed E-state index contributed by atoms with van der Waals surface area (Å²) in [6.07, 6.45) is 12.3. The number of fused-ring (bicyclic) bond motifs is 1. The zero-order valence-electron chi connectivity index (χ0n) is 10.6. The third-order valence-corrected chi connectivity index (χ3v) is 3.63. The van der Waals surface area contributed by atoms with E-state index in [4.69, 9.17) is 11.2 Å². The molecule has 92 valence electrons. The molecule has 0 fully saturated rings. The molecule has 0 atom stereocenters. The van der Waals surface area contributed by atoms with Crippen molar-refractivity contribution in [2.75, 3.05) is 6.61 Å². The van der Waals surface area contributed by atoms with Crippen molar-refractivity contribution in [3.63, 3.8) is 0 Å². The Balaban J connectivity index is 2.55. The molecule has 1 heteroatoms. The summed E-state index contributed by atoms with van der Waals surface area (Å²) < 4.78 is 5.73. The Hall–Kier alpha value is -1.94. The fourth-order valence-corrected chi connectivity index (χ4v) is 2.71. The molecule has 0 radical (unpaired) electrons. The second-order valence-electron chi connectivity index (χ2n) is 4.72. The summed E-state index contributed by atoms with van der Waals surface area (Å²) in [6, 6.07) is 5.98. The lowest BCUT2D eigenvalue weighted by atomic mass is 9.71. The molecule has 1 aromatic carbocycles. The van der Waals surface area contributed by atoms with Crippen molar-refractivity contribution < 1.29 is 4.74 Å². The van der Waals surface area contributed by atoms with Gasteiger partial charge in [-0.15, -0.1) is 19.6 Å². The summed E-state index contributed by atoms with van der Waals surface area (Å²) in [5, 5.41) is 0. The van der Waals surface area contributed by atoms with Crippen molar-refractivity contribution in [1.82, 2.24) is 0 Å². The lowest BCUT2D eigenvalue weighted by Crippen LogP contribution is -2.32. The van der Waals surface area contributed by atoms with Crippen molar-refractivity contribution in [1.29, 1.82) is 0 Å². The van der Waals surface area contributed by atoms with Gasteiger partial charge in [0.05, 0.1) is 6.61 Å². The number of ether oxygens (including phenoxy) is 1. The lowest BCUT2D eigenvalue weighted by molar-refractivity contribution is 0.214. The van der Waals surface area contributed by atoms with Gasteiger partial charge < -0.3 is 4.74 Å². The van der Waals surface area contributed by atoms with Crippen LogP contribution in [0.1, 0.15) is 30.4 Å². The Bertz CT molecular complexity index is 495. The molecule has 0 N–H and O–H groups in total. The first-order valence-electron chi connectivity index (χ1n) is 6.21. The SMILES string of the molecule is C#Cc1ccc2c(c1)C(CC=C)(CC=C)CCO2. The molecule has 0 saturated heterocycles. The highest BCUT2D eigenvalue weighted by molar-refractivity contribution is 5.48. The van der Waals surface area contributed by atoms with Gasteiger partial charge in [-0.3, -0.25) is 0 Å². The first-order valence-corrected chi connectivity index (χ1v) is 6.21. The molecular weight excluding hydrogens is 220 g/mol. The molecule has 2 rings (SSSR count). The minimum atomic E-state index is 0.0456. The first-order chi connectivity index (χ1) is 8.75. The molecule has 0 unspecified atom stereocenters. The van der Waals surface area contributed by atoms with Gasteiger partial charge in [0.2, 0.25) is 0 Å². The standard InChI is InChI=1S/C17H18O/c1-4-9-17(10-5-2)11-12-18-16-8-7-14(6-3)13-15(16)17/h3-5,7-8,13H,1-2,9-12H2. The highest BCUT2D eigenvalue weighted by Gasteiger charge is 2.35. The maximum absolute atomic E-state index is 5.73. The third-order valence-electron chi connectivity index (χ3n) is 3.63. The summed E-state index contributed by atoms with van der Waals surface area (Å²) in [4.78, 5) is 0. The van der Waals surface area contributed by atoms with Crippen LogP contribution in [-0.2, 0) is 5.41 Å². The molecule has 1 aliphatic heterocycles. The van der Waals surface area contributed by atoms with E-state index in [9.17, 15) is 0 Å². The Morgan fingerprint density at radius 2 is 2.06 bits per heavy atom. The van der Waals surface area contributed by atoms with Gasteiger partial charge in [0.15, 0.2) is 0 Å².